The van der Waals surface area contributed by atoms with Crippen molar-refractivity contribution in [3.05, 3.63) is 146 Å². The fourth-order valence-corrected chi connectivity index (χ4v) is 7.23. The molecule has 6 heteroatoms. The molecule has 0 spiro atoms. The highest BCUT2D eigenvalue weighted by molar-refractivity contribution is 6.17. The van der Waals surface area contributed by atoms with Crippen LogP contribution in [0.1, 0.15) is 0 Å². The Balaban J connectivity index is 1.13. The largest absolute Gasteiger partial charge is 0.456 e. The van der Waals surface area contributed by atoms with Crippen LogP contribution in [0.25, 0.3) is 88.4 Å². The van der Waals surface area contributed by atoms with Gasteiger partial charge in [-0.1, -0.05) is 54.6 Å². The smallest absolute Gasteiger partial charge is 0.227 e. The van der Waals surface area contributed by atoms with Gasteiger partial charge in [0, 0.05) is 55.6 Å². The Bertz CT molecular complexity index is 2960. The van der Waals surface area contributed by atoms with Gasteiger partial charge in [0.15, 0.2) is 5.58 Å². The van der Waals surface area contributed by atoms with E-state index >= 15 is 0 Å². The van der Waals surface area contributed by atoms with Crippen LogP contribution in [0, 0.1) is 0 Å². The standard InChI is InChI=1S/C43H24N2O4/c1-2-8-25(9-3-1)43-44-34-18-21-39-41(42(34)49-43)31-17-14-28(24-40(31)48-39)45(26-15-19-37-32(22-26)29-10-4-6-12-35(29)46-37)27-16-20-38-33(23-27)30-11-5-7-13-36(30)47-38/h1-24H. The van der Waals surface area contributed by atoms with Gasteiger partial charge >= 0.3 is 0 Å². The zero-order valence-electron chi connectivity index (χ0n) is 25.9. The minimum Gasteiger partial charge on any atom is -0.456 e. The number of hydrogen-bond acceptors (Lipinski definition) is 6. The van der Waals surface area contributed by atoms with Gasteiger partial charge in [-0.3, -0.25) is 0 Å². The van der Waals surface area contributed by atoms with Gasteiger partial charge in [0.25, 0.3) is 0 Å². The summed E-state index contributed by atoms with van der Waals surface area (Å²) in [7, 11) is 0. The van der Waals surface area contributed by atoms with Gasteiger partial charge in [0.05, 0.1) is 5.39 Å². The summed E-state index contributed by atoms with van der Waals surface area (Å²) in [6.07, 6.45) is 0. The number of benzene rings is 7. The normalized spacial score (nSPS) is 12.1. The molecule has 230 valence electrons. The van der Waals surface area contributed by atoms with Gasteiger partial charge in [0.2, 0.25) is 5.89 Å². The Hall–Kier alpha value is -6.79. The maximum Gasteiger partial charge on any atom is 0.227 e. The lowest BCUT2D eigenvalue weighted by Gasteiger charge is -2.25. The van der Waals surface area contributed by atoms with E-state index in [9.17, 15) is 0 Å². The quantitative estimate of drug-likeness (QED) is 0.192. The monoisotopic (exact) mass is 632 g/mol. The number of fused-ring (bicyclic) bond motifs is 11. The molecule has 0 amide bonds. The molecular weight excluding hydrogens is 608 g/mol. The second kappa shape index (κ2) is 9.86. The van der Waals surface area contributed by atoms with Crippen LogP contribution in [0.2, 0.25) is 0 Å². The third-order valence-electron chi connectivity index (χ3n) is 9.49. The summed E-state index contributed by atoms with van der Waals surface area (Å²) in [5, 5.41) is 6.15. The average molecular weight is 633 g/mol. The van der Waals surface area contributed by atoms with Gasteiger partial charge in [-0.05, 0) is 84.9 Å². The molecule has 0 saturated carbocycles. The highest BCUT2D eigenvalue weighted by Gasteiger charge is 2.21. The van der Waals surface area contributed by atoms with Gasteiger partial charge in [0.1, 0.15) is 39.0 Å². The number of oxazole rings is 1. The van der Waals surface area contributed by atoms with Crippen LogP contribution in [-0.4, -0.2) is 4.98 Å². The van der Waals surface area contributed by atoms with Crippen molar-refractivity contribution in [3.63, 3.8) is 0 Å². The molecular formula is C43H24N2O4. The highest BCUT2D eigenvalue weighted by Crippen LogP contribution is 2.44. The summed E-state index contributed by atoms with van der Waals surface area (Å²) in [5.74, 6) is 0.588. The van der Waals surface area contributed by atoms with Crippen molar-refractivity contribution in [1.29, 1.82) is 0 Å². The van der Waals surface area contributed by atoms with Crippen LogP contribution < -0.4 is 4.90 Å². The van der Waals surface area contributed by atoms with Crippen molar-refractivity contribution in [1.82, 2.24) is 4.98 Å². The molecule has 0 bridgehead atoms. The van der Waals surface area contributed by atoms with Crippen molar-refractivity contribution >= 4 is 94.0 Å². The lowest BCUT2D eigenvalue weighted by atomic mass is 10.1. The van der Waals surface area contributed by atoms with Crippen LogP contribution in [0.5, 0.6) is 0 Å². The number of hydrogen-bond donors (Lipinski definition) is 0. The van der Waals surface area contributed by atoms with Gasteiger partial charge < -0.3 is 22.6 Å². The predicted molar refractivity (Wildman–Crippen MR) is 196 cm³/mol. The Labute approximate surface area is 278 Å². The summed E-state index contributed by atoms with van der Waals surface area (Å²) in [6, 6.07) is 49.3. The molecule has 0 atom stereocenters. The first-order chi connectivity index (χ1) is 24.2. The topological polar surface area (TPSA) is 68.7 Å². The molecule has 49 heavy (non-hydrogen) atoms. The van der Waals surface area contributed by atoms with Gasteiger partial charge in [-0.2, -0.15) is 0 Å². The summed E-state index contributed by atoms with van der Waals surface area (Å²) in [6.45, 7) is 0. The number of para-hydroxylation sites is 2. The minimum absolute atomic E-state index is 0.588. The number of nitrogens with zero attached hydrogens (tertiary/aromatic N) is 2. The molecule has 6 nitrogen and oxygen atoms in total. The first kappa shape index (κ1) is 26.3. The van der Waals surface area contributed by atoms with Crippen LogP contribution in [0.4, 0.5) is 17.1 Å². The minimum atomic E-state index is 0.588. The Morgan fingerprint density at radius 3 is 1.63 bits per heavy atom. The molecule has 0 saturated heterocycles. The lowest BCUT2D eigenvalue weighted by molar-refractivity contribution is 0.622. The van der Waals surface area contributed by atoms with E-state index in [1.165, 1.54) is 0 Å². The van der Waals surface area contributed by atoms with Gasteiger partial charge in [-0.15, -0.1) is 0 Å². The Kier molecular flexibility index (Phi) is 5.29. The van der Waals surface area contributed by atoms with Crippen LogP contribution >= 0.6 is 0 Å². The van der Waals surface area contributed by atoms with Gasteiger partial charge in [-0.25, -0.2) is 4.98 Å². The Morgan fingerprint density at radius 2 is 0.939 bits per heavy atom. The van der Waals surface area contributed by atoms with Crippen LogP contribution in [0.3, 0.4) is 0 Å². The highest BCUT2D eigenvalue weighted by atomic mass is 16.4. The molecule has 0 N–H and O–H groups in total. The summed E-state index contributed by atoms with van der Waals surface area (Å²) >= 11 is 0. The third kappa shape index (κ3) is 3.92. The van der Waals surface area contributed by atoms with E-state index in [-0.39, 0.29) is 0 Å². The van der Waals surface area contributed by atoms with Crippen molar-refractivity contribution in [3.8, 4) is 11.5 Å². The fourth-order valence-electron chi connectivity index (χ4n) is 7.23. The summed E-state index contributed by atoms with van der Waals surface area (Å²) in [4.78, 5) is 7.05. The first-order valence-electron chi connectivity index (χ1n) is 16.2. The van der Waals surface area contributed by atoms with Crippen LogP contribution in [0.15, 0.2) is 163 Å². The van der Waals surface area contributed by atoms with Crippen LogP contribution in [-0.2, 0) is 0 Å². The Morgan fingerprint density at radius 1 is 0.388 bits per heavy atom. The molecule has 4 aromatic heterocycles. The number of anilines is 3. The van der Waals surface area contributed by atoms with E-state index in [2.05, 4.69) is 59.5 Å². The molecule has 4 heterocycles. The van der Waals surface area contributed by atoms with E-state index in [1.807, 2.05) is 91.0 Å². The molecule has 0 aliphatic carbocycles. The maximum absolute atomic E-state index is 6.52. The molecule has 0 radical (unpaired) electrons. The predicted octanol–water partition coefficient (Wildman–Crippen LogP) is 12.7. The molecule has 0 unspecified atom stereocenters. The first-order valence-corrected chi connectivity index (χ1v) is 16.2. The fraction of sp³-hybridized carbons (Fsp3) is 0. The van der Waals surface area contributed by atoms with E-state index in [1.54, 1.807) is 0 Å². The molecule has 0 fully saturated rings. The molecule has 7 aromatic carbocycles. The second-order valence-corrected chi connectivity index (χ2v) is 12.3. The molecule has 11 aromatic rings. The zero-order valence-corrected chi connectivity index (χ0v) is 25.9. The summed E-state index contributed by atoms with van der Waals surface area (Å²) in [5.41, 5.74) is 10.3. The number of furan rings is 3. The van der Waals surface area contributed by atoms with E-state index < -0.39 is 0 Å². The van der Waals surface area contributed by atoms with E-state index in [0.717, 1.165) is 94.0 Å². The average Bonchev–Trinajstić information content (AvgIpc) is 3.92. The SMILES string of the molecule is c1ccc(-c2nc3ccc4oc5cc(N(c6ccc7oc8ccccc8c7c6)c6ccc7oc8ccccc8c7c6)ccc5c4c3o2)cc1. The molecule has 0 aliphatic rings. The van der Waals surface area contributed by atoms with Crippen molar-refractivity contribution < 1.29 is 17.7 Å². The van der Waals surface area contributed by atoms with E-state index in [4.69, 9.17) is 22.7 Å². The van der Waals surface area contributed by atoms with E-state index in [0.29, 0.717) is 11.5 Å². The second-order valence-electron chi connectivity index (χ2n) is 12.3. The summed E-state index contributed by atoms with van der Waals surface area (Å²) < 4.78 is 25.3. The lowest BCUT2D eigenvalue weighted by Crippen LogP contribution is -2.09. The maximum atomic E-state index is 6.52. The van der Waals surface area contributed by atoms with Crippen molar-refractivity contribution in [2.24, 2.45) is 0 Å². The van der Waals surface area contributed by atoms with Crippen molar-refractivity contribution in [2.75, 3.05) is 4.90 Å². The molecule has 11 rings (SSSR count). The van der Waals surface area contributed by atoms with Crippen molar-refractivity contribution in [2.45, 2.75) is 0 Å². The number of rotatable bonds is 4. The zero-order chi connectivity index (χ0) is 32.1. The third-order valence-corrected chi connectivity index (χ3v) is 9.49. The molecule has 0 aliphatic heterocycles. The number of aromatic nitrogens is 1.